The Labute approximate surface area is 131 Å². The first-order valence-electron chi connectivity index (χ1n) is 6.88. The summed E-state index contributed by atoms with van der Waals surface area (Å²) in [5, 5.41) is 14.9. The van der Waals surface area contributed by atoms with Crippen molar-refractivity contribution in [1.82, 2.24) is 9.78 Å². The van der Waals surface area contributed by atoms with Crippen LogP contribution in [0.4, 0.5) is 0 Å². The molecule has 0 amide bonds. The van der Waals surface area contributed by atoms with Crippen molar-refractivity contribution >= 4 is 15.9 Å². The minimum absolute atomic E-state index is 0.238. The number of rotatable bonds is 4. The van der Waals surface area contributed by atoms with Gasteiger partial charge < -0.3 is 14.6 Å². The molecule has 0 spiro atoms. The SMILES string of the molecule is CCc1nn(C)c(CC(O)c2ccc3c(c2)OCO3)c1Br. The van der Waals surface area contributed by atoms with Gasteiger partial charge in [0.1, 0.15) is 0 Å². The lowest BCUT2D eigenvalue weighted by molar-refractivity contribution is 0.170. The van der Waals surface area contributed by atoms with Crippen LogP contribution in [0.5, 0.6) is 11.5 Å². The van der Waals surface area contributed by atoms with Crippen molar-refractivity contribution in [3.8, 4) is 11.5 Å². The second-order valence-electron chi connectivity index (χ2n) is 5.02. The van der Waals surface area contributed by atoms with E-state index in [2.05, 4.69) is 28.0 Å². The fraction of sp³-hybridized carbons (Fsp3) is 0.400. The van der Waals surface area contributed by atoms with Gasteiger partial charge >= 0.3 is 0 Å². The summed E-state index contributed by atoms with van der Waals surface area (Å²) >= 11 is 3.57. The number of fused-ring (bicyclic) bond motifs is 1. The highest BCUT2D eigenvalue weighted by atomic mass is 79.9. The topological polar surface area (TPSA) is 56.5 Å². The number of hydrogen-bond donors (Lipinski definition) is 1. The Bertz CT molecular complexity index is 669. The summed E-state index contributed by atoms with van der Waals surface area (Å²) in [6.45, 7) is 2.30. The minimum Gasteiger partial charge on any atom is -0.454 e. The van der Waals surface area contributed by atoms with E-state index in [1.54, 1.807) is 0 Å². The first kappa shape index (κ1) is 14.4. The van der Waals surface area contributed by atoms with Crippen molar-refractivity contribution in [1.29, 1.82) is 0 Å². The molecule has 0 radical (unpaired) electrons. The van der Waals surface area contributed by atoms with E-state index in [1.165, 1.54) is 0 Å². The van der Waals surface area contributed by atoms with Crippen LogP contribution in [0.15, 0.2) is 22.7 Å². The fourth-order valence-corrected chi connectivity index (χ4v) is 3.24. The van der Waals surface area contributed by atoms with E-state index >= 15 is 0 Å². The summed E-state index contributed by atoms with van der Waals surface area (Å²) < 4.78 is 13.4. The smallest absolute Gasteiger partial charge is 0.231 e. The Hall–Kier alpha value is -1.53. The molecule has 0 fully saturated rings. The average Bonchev–Trinajstić information content (AvgIpc) is 3.05. The summed E-state index contributed by atoms with van der Waals surface area (Å²) in [4.78, 5) is 0. The lowest BCUT2D eigenvalue weighted by Gasteiger charge is -2.12. The van der Waals surface area contributed by atoms with E-state index in [4.69, 9.17) is 9.47 Å². The van der Waals surface area contributed by atoms with Crippen LogP contribution in [0.1, 0.15) is 30.0 Å². The largest absolute Gasteiger partial charge is 0.454 e. The molecule has 2 heterocycles. The molecule has 2 aromatic rings. The molecule has 1 unspecified atom stereocenters. The van der Waals surface area contributed by atoms with Gasteiger partial charge in [-0.3, -0.25) is 4.68 Å². The summed E-state index contributed by atoms with van der Waals surface area (Å²) in [6, 6.07) is 5.53. The molecular weight excluding hydrogens is 336 g/mol. The van der Waals surface area contributed by atoms with E-state index in [9.17, 15) is 5.11 Å². The van der Waals surface area contributed by atoms with Gasteiger partial charge in [0.25, 0.3) is 0 Å². The summed E-state index contributed by atoms with van der Waals surface area (Å²) in [7, 11) is 1.89. The first-order chi connectivity index (χ1) is 10.1. The maximum atomic E-state index is 10.5. The number of halogens is 1. The molecule has 3 rings (SSSR count). The second-order valence-corrected chi connectivity index (χ2v) is 5.81. The van der Waals surface area contributed by atoms with Gasteiger partial charge in [0.2, 0.25) is 6.79 Å². The predicted molar refractivity (Wildman–Crippen MR) is 81.5 cm³/mol. The van der Waals surface area contributed by atoms with Crippen LogP contribution in [0.3, 0.4) is 0 Å². The highest BCUT2D eigenvalue weighted by Gasteiger charge is 2.20. The monoisotopic (exact) mass is 352 g/mol. The first-order valence-corrected chi connectivity index (χ1v) is 7.67. The second kappa shape index (κ2) is 5.69. The number of aliphatic hydroxyl groups is 1. The van der Waals surface area contributed by atoms with Crippen LogP contribution in [0.2, 0.25) is 0 Å². The van der Waals surface area contributed by atoms with E-state index in [-0.39, 0.29) is 6.79 Å². The van der Waals surface area contributed by atoms with Crippen molar-refractivity contribution in [2.45, 2.75) is 25.9 Å². The standard InChI is InChI=1S/C15H17BrN2O3/c1-3-10-15(16)11(18(2)17-10)7-12(19)9-4-5-13-14(6-9)21-8-20-13/h4-6,12,19H,3,7-8H2,1-2H3. The van der Waals surface area contributed by atoms with E-state index in [1.807, 2.05) is 29.9 Å². The lowest BCUT2D eigenvalue weighted by atomic mass is 10.0. The van der Waals surface area contributed by atoms with Gasteiger partial charge in [-0.25, -0.2) is 0 Å². The fourth-order valence-electron chi connectivity index (χ4n) is 2.46. The Balaban J connectivity index is 1.83. The van der Waals surface area contributed by atoms with E-state index in [0.29, 0.717) is 12.2 Å². The molecule has 1 N–H and O–H groups in total. The summed E-state index contributed by atoms with van der Waals surface area (Å²) in [5.41, 5.74) is 2.80. The highest BCUT2D eigenvalue weighted by molar-refractivity contribution is 9.10. The average molecular weight is 353 g/mol. The molecule has 112 valence electrons. The lowest BCUT2D eigenvalue weighted by Crippen LogP contribution is -2.07. The third-order valence-electron chi connectivity index (χ3n) is 3.67. The number of aromatic nitrogens is 2. The van der Waals surface area contributed by atoms with Crippen molar-refractivity contribution in [2.75, 3.05) is 6.79 Å². The molecule has 0 saturated heterocycles. The molecule has 0 saturated carbocycles. The quantitative estimate of drug-likeness (QED) is 0.918. The summed E-state index contributed by atoms with van der Waals surface area (Å²) in [6.07, 6.45) is 0.731. The molecule has 1 aromatic heterocycles. The number of aliphatic hydroxyl groups excluding tert-OH is 1. The zero-order valence-corrected chi connectivity index (χ0v) is 13.6. The van der Waals surface area contributed by atoms with Crippen LogP contribution < -0.4 is 9.47 Å². The summed E-state index contributed by atoms with van der Waals surface area (Å²) in [5.74, 6) is 1.41. The number of aryl methyl sites for hydroxylation is 2. The van der Waals surface area contributed by atoms with Gasteiger partial charge in [-0.1, -0.05) is 13.0 Å². The molecule has 6 heteroatoms. The Morgan fingerprint density at radius 2 is 2.14 bits per heavy atom. The molecule has 21 heavy (non-hydrogen) atoms. The van der Waals surface area contributed by atoms with Crippen molar-refractivity contribution in [3.63, 3.8) is 0 Å². The van der Waals surface area contributed by atoms with Gasteiger partial charge in [0.15, 0.2) is 11.5 Å². The third kappa shape index (κ3) is 2.65. The van der Waals surface area contributed by atoms with Crippen molar-refractivity contribution < 1.29 is 14.6 Å². The van der Waals surface area contributed by atoms with Crippen molar-refractivity contribution in [2.24, 2.45) is 7.05 Å². The van der Waals surface area contributed by atoms with Crippen LogP contribution in [0, 0.1) is 0 Å². The zero-order chi connectivity index (χ0) is 15.0. The predicted octanol–water partition coefficient (Wildman–Crippen LogP) is 2.75. The molecular formula is C15H17BrN2O3. The van der Waals surface area contributed by atoms with Crippen LogP contribution in [-0.2, 0) is 19.9 Å². The molecule has 1 aliphatic heterocycles. The maximum Gasteiger partial charge on any atom is 0.231 e. The molecule has 1 atom stereocenters. The molecule has 0 bridgehead atoms. The van der Waals surface area contributed by atoms with Gasteiger partial charge in [0.05, 0.1) is 22.0 Å². The third-order valence-corrected chi connectivity index (χ3v) is 4.59. The number of benzene rings is 1. The Kier molecular flexibility index (Phi) is 3.91. The van der Waals surface area contributed by atoms with Gasteiger partial charge in [-0.15, -0.1) is 0 Å². The van der Waals surface area contributed by atoms with Crippen LogP contribution in [-0.4, -0.2) is 21.7 Å². The molecule has 1 aromatic carbocycles. The van der Waals surface area contributed by atoms with Gasteiger partial charge in [0, 0.05) is 13.5 Å². The highest BCUT2D eigenvalue weighted by Crippen LogP contribution is 2.35. The number of ether oxygens (including phenoxy) is 2. The van der Waals surface area contributed by atoms with Crippen molar-refractivity contribution in [3.05, 3.63) is 39.6 Å². The van der Waals surface area contributed by atoms with E-state index < -0.39 is 6.10 Å². The zero-order valence-electron chi connectivity index (χ0n) is 12.0. The van der Waals surface area contributed by atoms with E-state index in [0.717, 1.165) is 33.6 Å². The molecule has 1 aliphatic rings. The normalized spacial score (nSPS) is 14.5. The maximum absolute atomic E-state index is 10.5. The number of nitrogens with zero attached hydrogens (tertiary/aromatic N) is 2. The molecule has 5 nitrogen and oxygen atoms in total. The Morgan fingerprint density at radius 1 is 1.38 bits per heavy atom. The van der Waals surface area contributed by atoms with Crippen LogP contribution in [0.25, 0.3) is 0 Å². The molecule has 0 aliphatic carbocycles. The Morgan fingerprint density at radius 3 is 2.86 bits per heavy atom. The number of hydrogen-bond acceptors (Lipinski definition) is 4. The van der Waals surface area contributed by atoms with Crippen LogP contribution >= 0.6 is 15.9 Å². The minimum atomic E-state index is -0.615. The van der Waals surface area contributed by atoms with Gasteiger partial charge in [-0.2, -0.15) is 5.10 Å². The van der Waals surface area contributed by atoms with Gasteiger partial charge in [-0.05, 0) is 40.0 Å².